The Labute approximate surface area is 116 Å². The molecule has 0 aliphatic rings. The quantitative estimate of drug-likeness (QED) is 0.227. The van der Waals surface area contributed by atoms with Crippen molar-refractivity contribution < 1.29 is 44.6 Å². The van der Waals surface area contributed by atoms with Gasteiger partial charge < -0.3 is 12.9 Å². The fourth-order valence-electron chi connectivity index (χ4n) is 0.796. The van der Waals surface area contributed by atoms with Crippen LogP contribution in [0.15, 0.2) is 0 Å². The molecule has 0 spiro atoms. The zero-order valence-electron chi connectivity index (χ0n) is 10.6. The molecule has 0 aliphatic heterocycles. The molecule has 4 N–H and O–H groups in total. The van der Waals surface area contributed by atoms with E-state index < -0.39 is 14.5 Å². The summed E-state index contributed by atoms with van der Waals surface area (Å²) in [4.78, 5) is 0. The van der Waals surface area contributed by atoms with Crippen molar-refractivity contribution >= 4 is 8.25 Å². The molecule has 0 aromatic heterocycles. The SMILES string of the molecule is CCCCO[P+](=O)OC(N)CCCN.[H-].[Na+]. The van der Waals surface area contributed by atoms with Crippen LogP contribution in [0, 0.1) is 0 Å². The number of unbranched alkanes of at least 4 members (excludes halogenated alkanes) is 1. The molecule has 0 fully saturated rings. The third-order valence-electron chi connectivity index (χ3n) is 1.61. The van der Waals surface area contributed by atoms with Crippen LogP contribution in [0.2, 0.25) is 0 Å². The maximum Gasteiger partial charge on any atom is 1.00 e. The van der Waals surface area contributed by atoms with Gasteiger partial charge in [0.25, 0.3) is 0 Å². The number of hydrogen-bond acceptors (Lipinski definition) is 5. The van der Waals surface area contributed by atoms with Crippen molar-refractivity contribution in [2.75, 3.05) is 13.2 Å². The van der Waals surface area contributed by atoms with E-state index in [4.69, 9.17) is 20.5 Å². The van der Waals surface area contributed by atoms with Crippen LogP contribution in [0.25, 0.3) is 0 Å². The molecule has 0 saturated heterocycles. The minimum Gasteiger partial charge on any atom is -1.00 e. The predicted molar refractivity (Wildman–Crippen MR) is 56.9 cm³/mol. The summed E-state index contributed by atoms with van der Waals surface area (Å²) in [7, 11) is -2.06. The molecule has 7 heteroatoms. The monoisotopic (exact) mass is 247 g/mol. The second kappa shape index (κ2) is 13.0. The van der Waals surface area contributed by atoms with Crippen molar-refractivity contribution in [1.29, 1.82) is 0 Å². The Balaban J connectivity index is -0.000000845. The minimum atomic E-state index is -2.06. The van der Waals surface area contributed by atoms with E-state index in [1.165, 1.54) is 0 Å². The summed E-state index contributed by atoms with van der Waals surface area (Å²) in [6.07, 6.45) is 2.71. The van der Waals surface area contributed by atoms with E-state index in [9.17, 15) is 4.57 Å². The Bertz CT molecular complexity index is 168. The van der Waals surface area contributed by atoms with Crippen molar-refractivity contribution in [3.63, 3.8) is 0 Å². The topological polar surface area (TPSA) is 87.6 Å². The maximum absolute atomic E-state index is 11.1. The van der Waals surface area contributed by atoms with Gasteiger partial charge in [0.1, 0.15) is 6.61 Å². The van der Waals surface area contributed by atoms with Gasteiger partial charge in [-0.2, -0.15) is 0 Å². The molecule has 0 heterocycles. The van der Waals surface area contributed by atoms with E-state index in [1.807, 2.05) is 6.92 Å². The van der Waals surface area contributed by atoms with E-state index in [1.54, 1.807) is 0 Å². The predicted octanol–water partition coefficient (Wildman–Crippen LogP) is -1.38. The van der Waals surface area contributed by atoms with Gasteiger partial charge in [-0.05, 0) is 25.8 Å². The number of rotatable bonds is 9. The normalized spacial score (nSPS) is 13.1. The van der Waals surface area contributed by atoms with Crippen molar-refractivity contribution in [1.82, 2.24) is 0 Å². The van der Waals surface area contributed by atoms with Gasteiger partial charge in [0, 0.05) is 4.57 Å². The Kier molecular flexibility index (Phi) is 15.9. The van der Waals surface area contributed by atoms with Gasteiger partial charge in [-0.1, -0.05) is 13.3 Å². The second-order valence-corrected chi connectivity index (χ2v) is 3.90. The first-order valence-corrected chi connectivity index (χ1v) is 6.02. The summed E-state index contributed by atoms with van der Waals surface area (Å²) in [5.41, 5.74) is 10.8. The van der Waals surface area contributed by atoms with E-state index >= 15 is 0 Å². The van der Waals surface area contributed by atoms with Crippen LogP contribution in [-0.4, -0.2) is 19.4 Å². The Morgan fingerprint density at radius 3 is 2.67 bits per heavy atom. The molecule has 0 aliphatic carbocycles. The van der Waals surface area contributed by atoms with Gasteiger partial charge in [0.15, 0.2) is 6.23 Å². The average Bonchev–Trinajstić information content (AvgIpc) is 2.15. The molecule has 5 nitrogen and oxygen atoms in total. The third-order valence-corrected chi connectivity index (χ3v) is 2.45. The summed E-state index contributed by atoms with van der Waals surface area (Å²) in [5.74, 6) is 0. The summed E-state index contributed by atoms with van der Waals surface area (Å²) >= 11 is 0. The minimum absolute atomic E-state index is 0. The Morgan fingerprint density at radius 2 is 2.13 bits per heavy atom. The standard InChI is InChI=1S/C8H20N2O3P.Na.H/c1-2-3-7-12-14(11)13-8(10)5-4-6-9;;/h8H,2-7,9-10H2,1H3;;/q2*+1;-1. The molecule has 0 saturated carbocycles. The van der Waals surface area contributed by atoms with Crippen LogP contribution in [0.1, 0.15) is 34.0 Å². The second-order valence-electron chi connectivity index (χ2n) is 2.99. The van der Waals surface area contributed by atoms with Crippen LogP contribution in [0.5, 0.6) is 0 Å². The Morgan fingerprint density at radius 1 is 1.47 bits per heavy atom. The van der Waals surface area contributed by atoms with Crippen LogP contribution in [0.4, 0.5) is 0 Å². The summed E-state index contributed by atoms with van der Waals surface area (Å²) in [6, 6.07) is 0. The number of nitrogens with two attached hydrogens (primary N) is 2. The van der Waals surface area contributed by atoms with Crippen LogP contribution >= 0.6 is 8.25 Å². The molecule has 15 heavy (non-hydrogen) atoms. The smallest absolute Gasteiger partial charge is 1.00 e. The van der Waals surface area contributed by atoms with Crippen LogP contribution in [-0.2, 0) is 13.6 Å². The molecule has 0 aromatic rings. The molecular weight excluding hydrogens is 226 g/mol. The van der Waals surface area contributed by atoms with Gasteiger partial charge in [0.05, 0.1) is 0 Å². The van der Waals surface area contributed by atoms with Gasteiger partial charge in [-0.3, -0.25) is 0 Å². The van der Waals surface area contributed by atoms with Crippen LogP contribution < -0.4 is 41.0 Å². The van der Waals surface area contributed by atoms with E-state index in [-0.39, 0.29) is 31.0 Å². The summed E-state index contributed by atoms with van der Waals surface area (Å²) < 4.78 is 20.9. The largest absolute Gasteiger partial charge is 1.00 e. The molecule has 0 radical (unpaired) electrons. The van der Waals surface area contributed by atoms with Gasteiger partial charge in [-0.25, -0.2) is 0 Å². The fraction of sp³-hybridized carbons (Fsp3) is 1.00. The Hall–Kier alpha value is 0.940. The zero-order valence-corrected chi connectivity index (χ0v) is 12.5. The molecule has 0 rings (SSSR count). The first-order chi connectivity index (χ1) is 6.70. The van der Waals surface area contributed by atoms with Crippen molar-refractivity contribution in [3.8, 4) is 0 Å². The van der Waals surface area contributed by atoms with Crippen molar-refractivity contribution in [2.24, 2.45) is 11.5 Å². The molecule has 2 atom stereocenters. The van der Waals surface area contributed by atoms with Gasteiger partial charge in [-0.15, -0.1) is 9.05 Å². The van der Waals surface area contributed by atoms with E-state index in [0.717, 1.165) is 19.3 Å². The van der Waals surface area contributed by atoms with Crippen LogP contribution in [0.3, 0.4) is 0 Å². The zero-order chi connectivity index (χ0) is 10.8. The first-order valence-electron chi connectivity index (χ1n) is 4.93. The van der Waals surface area contributed by atoms with E-state index in [2.05, 4.69) is 0 Å². The van der Waals surface area contributed by atoms with E-state index in [0.29, 0.717) is 19.6 Å². The third kappa shape index (κ3) is 12.9. The maximum atomic E-state index is 11.1. The molecule has 0 amide bonds. The average molecular weight is 247 g/mol. The molecule has 0 aromatic carbocycles. The van der Waals surface area contributed by atoms with Crippen molar-refractivity contribution in [2.45, 2.75) is 38.8 Å². The summed E-state index contributed by atoms with van der Waals surface area (Å²) in [5, 5.41) is 0. The molecule has 2 unspecified atom stereocenters. The molecular formula is C8H21N2NaO3P+. The fourth-order valence-corrected chi connectivity index (χ4v) is 1.46. The molecule has 86 valence electrons. The van der Waals surface area contributed by atoms with Gasteiger partial charge >= 0.3 is 37.8 Å². The molecule has 0 bridgehead atoms. The summed E-state index contributed by atoms with van der Waals surface area (Å²) in [6.45, 7) is 3.05. The van der Waals surface area contributed by atoms with Crippen molar-refractivity contribution in [3.05, 3.63) is 0 Å². The van der Waals surface area contributed by atoms with Gasteiger partial charge in [0.2, 0.25) is 0 Å². The first kappa shape index (κ1) is 18.3. The number of hydrogen-bond donors (Lipinski definition) is 2.